The zero-order chi connectivity index (χ0) is 18.2. The third kappa shape index (κ3) is 4.46. The first kappa shape index (κ1) is 21.3. The van der Waals surface area contributed by atoms with Gasteiger partial charge in [-0.05, 0) is 42.5 Å². The topological polar surface area (TPSA) is 15.3 Å². The van der Waals surface area contributed by atoms with Gasteiger partial charge in [0.2, 0.25) is 0 Å². The van der Waals surface area contributed by atoms with Gasteiger partial charge in [-0.3, -0.25) is 4.90 Å². The van der Waals surface area contributed by atoms with Crippen LogP contribution < -0.4 is 5.32 Å². The molecule has 2 aliphatic rings. The Balaban J connectivity index is 0.00000243. The zero-order valence-electron chi connectivity index (χ0n) is 14.0. The van der Waals surface area contributed by atoms with E-state index in [1.165, 1.54) is 0 Å². The second-order valence-corrected chi connectivity index (χ2v) is 6.72. The van der Waals surface area contributed by atoms with Gasteiger partial charge in [-0.2, -0.15) is 26.3 Å². The molecule has 3 rings (SSSR count). The molecule has 2 fully saturated rings. The molecule has 148 valence electrons. The summed E-state index contributed by atoms with van der Waals surface area (Å²) in [6.45, 7) is 2.33. The fraction of sp³-hybridized carbons (Fsp3) is 0.647. The molecule has 1 saturated heterocycles. The molecule has 0 aromatic heterocycles. The van der Waals surface area contributed by atoms with E-state index < -0.39 is 29.5 Å². The van der Waals surface area contributed by atoms with E-state index in [-0.39, 0.29) is 23.9 Å². The zero-order valence-corrected chi connectivity index (χ0v) is 14.8. The molecule has 0 amide bonds. The van der Waals surface area contributed by atoms with Crippen LogP contribution in [0.25, 0.3) is 0 Å². The maximum atomic E-state index is 13.5. The second kappa shape index (κ2) is 7.94. The van der Waals surface area contributed by atoms with Crippen LogP contribution >= 0.6 is 12.4 Å². The Hall–Kier alpha value is -0.990. The smallest absolute Gasteiger partial charge is 0.314 e. The lowest BCUT2D eigenvalue weighted by molar-refractivity contribution is -0.142. The lowest BCUT2D eigenvalue weighted by Gasteiger charge is -2.44. The van der Waals surface area contributed by atoms with Crippen molar-refractivity contribution < 1.29 is 26.3 Å². The van der Waals surface area contributed by atoms with E-state index in [9.17, 15) is 26.3 Å². The third-order valence-corrected chi connectivity index (χ3v) is 5.14. The van der Waals surface area contributed by atoms with Gasteiger partial charge in [0.1, 0.15) is 0 Å². The Bertz CT molecular complexity index is 606. The van der Waals surface area contributed by atoms with Crippen molar-refractivity contribution in [3.63, 3.8) is 0 Å². The molecule has 0 unspecified atom stereocenters. The predicted molar refractivity (Wildman–Crippen MR) is 88.2 cm³/mol. The molecule has 1 aliphatic heterocycles. The SMILES string of the molecule is Cl.FC(F)(F)c1ccc(C(F)(F)F)c([C@@H](C2CCC2)N2CCNCC2)c1. The summed E-state index contributed by atoms with van der Waals surface area (Å²) >= 11 is 0. The van der Waals surface area contributed by atoms with Crippen LogP contribution in [0.3, 0.4) is 0 Å². The van der Waals surface area contributed by atoms with Crippen molar-refractivity contribution in [2.75, 3.05) is 26.2 Å². The number of nitrogens with one attached hydrogen (secondary N) is 1. The fourth-order valence-electron chi connectivity index (χ4n) is 3.71. The molecule has 1 saturated carbocycles. The number of hydrogen-bond donors (Lipinski definition) is 1. The lowest BCUT2D eigenvalue weighted by Crippen LogP contribution is -2.48. The molecule has 1 heterocycles. The van der Waals surface area contributed by atoms with Crippen molar-refractivity contribution in [2.24, 2.45) is 5.92 Å². The molecular formula is C17H21ClF6N2. The van der Waals surface area contributed by atoms with E-state index >= 15 is 0 Å². The summed E-state index contributed by atoms with van der Waals surface area (Å²) < 4.78 is 79.7. The van der Waals surface area contributed by atoms with Gasteiger partial charge < -0.3 is 5.32 Å². The minimum atomic E-state index is -4.67. The van der Waals surface area contributed by atoms with Gasteiger partial charge >= 0.3 is 12.4 Å². The molecule has 26 heavy (non-hydrogen) atoms. The van der Waals surface area contributed by atoms with Crippen LogP contribution in [0.5, 0.6) is 0 Å². The number of benzene rings is 1. The van der Waals surface area contributed by atoms with Gasteiger partial charge in [0, 0.05) is 32.2 Å². The minimum Gasteiger partial charge on any atom is -0.314 e. The monoisotopic (exact) mass is 402 g/mol. The van der Waals surface area contributed by atoms with Crippen LogP contribution in [0.1, 0.15) is 42.0 Å². The van der Waals surface area contributed by atoms with E-state index in [0.717, 1.165) is 19.3 Å². The van der Waals surface area contributed by atoms with Gasteiger partial charge in [0.05, 0.1) is 11.1 Å². The van der Waals surface area contributed by atoms with Crippen molar-refractivity contribution >= 4 is 12.4 Å². The lowest BCUT2D eigenvalue weighted by atomic mass is 9.75. The second-order valence-electron chi connectivity index (χ2n) is 6.72. The number of rotatable bonds is 3. The van der Waals surface area contributed by atoms with Gasteiger partial charge in [-0.15, -0.1) is 12.4 Å². The molecule has 2 nitrogen and oxygen atoms in total. The molecular weight excluding hydrogens is 382 g/mol. The first-order valence-corrected chi connectivity index (χ1v) is 8.41. The highest BCUT2D eigenvalue weighted by atomic mass is 35.5. The number of halogens is 7. The Kier molecular flexibility index (Phi) is 6.51. The summed E-state index contributed by atoms with van der Waals surface area (Å²) in [7, 11) is 0. The Morgan fingerprint density at radius 1 is 0.962 bits per heavy atom. The number of piperazine rings is 1. The first-order valence-electron chi connectivity index (χ1n) is 8.41. The Morgan fingerprint density at radius 2 is 1.58 bits per heavy atom. The van der Waals surface area contributed by atoms with E-state index in [2.05, 4.69) is 5.32 Å². The summed E-state index contributed by atoms with van der Waals surface area (Å²) in [5.74, 6) is -0.0253. The number of alkyl halides is 6. The van der Waals surface area contributed by atoms with Crippen LogP contribution in [0.4, 0.5) is 26.3 Å². The van der Waals surface area contributed by atoms with Crippen molar-refractivity contribution in [3.8, 4) is 0 Å². The van der Waals surface area contributed by atoms with Crippen LogP contribution in [-0.4, -0.2) is 31.1 Å². The van der Waals surface area contributed by atoms with Gasteiger partial charge in [0.15, 0.2) is 0 Å². The van der Waals surface area contributed by atoms with E-state index in [0.29, 0.717) is 44.4 Å². The standard InChI is InChI=1S/C17H20F6N2.ClH/c18-16(19,20)12-4-5-14(17(21,22)23)13(10-12)15(11-2-1-3-11)25-8-6-24-7-9-25;/h4-5,10-11,15,24H,1-3,6-9H2;1H/t15-;/m1./s1. The van der Waals surface area contributed by atoms with Gasteiger partial charge in [-0.1, -0.05) is 6.42 Å². The molecule has 1 aromatic carbocycles. The molecule has 0 spiro atoms. The predicted octanol–water partition coefficient (Wildman–Crippen LogP) is 4.89. The first-order chi connectivity index (χ1) is 11.7. The highest BCUT2D eigenvalue weighted by Crippen LogP contribution is 2.47. The average Bonchev–Trinajstić information content (AvgIpc) is 2.49. The highest BCUT2D eigenvalue weighted by molar-refractivity contribution is 5.85. The van der Waals surface area contributed by atoms with Crippen LogP contribution in [0, 0.1) is 5.92 Å². The van der Waals surface area contributed by atoms with Crippen molar-refractivity contribution in [1.29, 1.82) is 0 Å². The van der Waals surface area contributed by atoms with Crippen LogP contribution in [-0.2, 0) is 12.4 Å². The molecule has 1 aromatic rings. The Morgan fingerprint density at radius 3 is 2.04 bits per heavy atom. The number of nitrogens with zero attached hydrogens (tertiary/aromatic N) is 1. The summed E-state index contributed by atoms with van der Waals surface area (Å²) in [5.41, 5.74) is -2.19. The van der Waals surface area contributed by atoms with Gasteiger partial charge in [-0.25, -0.2) is 0 Å². The molecule has 0 radical (unpaired) electrons. The summed E-state index contributed by atoms with van der Waals surface area (Å²) in [6, 6.07) is 1.22. The third-order valence-electron chi connectivity index (χ3n) is 5.14. The van der Waals surface area contributed by atoms with Crippen molar-refractivity contribution in [2.45, 2.75) is 37.7 Å². The highest BCUT2D eigenvalue weighted by Gasteiger charge is 2.42. The molecule has 1 N–H and O–H groups in total. The number of hydrogen-bond acceptors (Lipinski definition) is 2. The maximum absolute atomic E-state index is 13.5. The Labute approximate surface area is 154 Å². The van der Waals surface area contributed by atoms with Crippen molar-refractivity contribution in [3.05, 3.63) is 34.9 Å². The van der Waals surface area contributed by atoms with Gasteiger partial charge in [0.25, 0.3) is 0 Å². The van der Waals surface area contributed by atoms with Crippen LogP contribution in [0.2, 0.25) is 0 Å². The van der Waals surface area contributed by atoms with Crippen molar-refractivity contribution in [1.82, 2.24) is 10.2 Å². The van der Waals surface area contributed by atoms with E-state index in [4.69, 9.17) is 0 Å². The molecule has 1 aliphatic carbocycles. The quantitative estimate of drug-likeness (QED) is 0.724. The molecule has 1 atom stereocenters. The summed E-state index contributed by atoms with van der Waals surface area (Å²) in [5, 5.41) is 3.13. The minimum absolute atomic E-state index is 0. The molecule has 0 bridgehead atoms. The summed E-state index contributed by atoms with van der Waals surface area (Å²) in [6.07, 6.45) is -6.92. The average molecular weight is 403 g/mol. The fourth-order valence-corrected chi connectivity index (χ4v) is 3.71. The molecule has 9 heteroatoms. The summed E-state index contributed by atoms with van der Waals surface area (Å²) in [4.78, 5) is 1.91. The maximum Gasteiger partial charge on any atom is 0.416 e. The van der Waals surface area contributed by atoms with E-state index in [1.54, 1.807) is 0 Å². The van der Waals surface area contributed by atoms with Crippen LogP contribution in [0.15, 0.2) is 18.2 Å². The largest absolute Gasteiger partial charge is 0.416 e. The normalized spacial score (nSPS) is 21.0. The van der Waals surface area contributed by atoms with E-state index in [1.807, 2.05) is 4.90 Å².